The zero-order chi connectivity index (χ0) is 13.5. The first-order valence-electron chi connectivity index (χ1n) is 5.57. The van der Waals surface area contributed by atoms with Gasteiger partial charge in [-0.2, -0.15) is 0 Å². The minimum Gasteiger partial charge on any atom is -0.478 e. The first-order chi connectivity index (χ1) is 8.31. The fourth-order valence-corrected chi connectivity index (χ4v) is 3.79. The monoisotopic (exact) mass is 272 g/mol. The Morgan fingerprint density at radius 3 is 2.56 bits per heavy atom. The van der Waals surface area contributed by atoms with E-state index in [1.54, 1.807) is 0 Å². The molecule has 1 aliphatic rings. The van der Waals surface area contributed by atoms with Gasteiger partial charge in [-0.15, -0.1) is 0 Å². The number of sulfone groups is 1. The SMILES string of the molecule is Cc1c(F)cc(C(=O)O)cc1S(=O)(=O)CC1CC1. The lowest BCUT2D eigenvalue weighted by Gasteiger charge is -2.09. The van der Waals surface area contributed by atoms with Gasteiger partial charge in [0.15, 0.2) is 9.84 Å². The van der Waals surface area contributed by atoms with Crippen LogP contribution in [-0.4, -0.2) is 25.2 Å². The van der Waals surface area contributed by atoms with Crippen LogP contribution in [0.5, 0.6) is 0 Å². The van der Waals surface area contributed by atoms with Crippen LogP contribution in [-0.2, 0) is 9.84 Å². The molecule has 0 unspecified atom stereocenters. The van der Waals surface area contributed by atoms with Crippen molar-refractivity contribution in [1.82, 2.24) is 0 Å². The van der Waals surface area contributed by atoms with Crippen molar-refractivity contribution in [3.63, 3.8) is 0 Å². The van der Waals surface area contributed by atoms with Gasteiger partial charge in [-0.25, -0.2) is 17.6 Å². The van der Waals surface area contributed by atoms with Gasteiger partial charge >= 0.3 is 5.97 Å². The predicted octanol–water partition coefficient (Wildman–Crippen LogP) is 2.02. The van der Waals surface area contributed by atoms with E-state index in [2.05, 4.69) is 0 Å². The molecule has 1 aromatic carbocycles. The summed E-state index contributed by atoms with van der Waals surface area (Å²) in [4.78, 5) is 10.6. The molecule has 0 aliphatic heterocycles. The summed E-state index contributed by atoms with van der Waals surface area (Å²) in [6.45, 7) is 1.35. The molecule has 1 N–H and O–H groups in total. The third-order valence-corrected chi connectivity index (χ3v) is 5.04. The van der Waals surface area contributed by atoms with Gasteiger partial charge in [-0.1, -0.05) is 0 Å². The van der Waals surface area contributed by atoms with Gasteiger partial charge in [0.2, 0.25) is 0 Å². The van der Waals surface area contributed by atoms with Crippen LogP contribution in [0.25, 0.3) is 0 Å². The third kappa shape index (κ3) is 2.53. The Hall–Kier alpha value is -1.43. The number of hydrogen-bond acceptors (Lipinski definition) is 3. The van der Waals surface area contributed by atoms with Crippen LogP contribution >= 0.6 is 0 Å². The van der Waals surface area contributed by atoms with E-state index in [1.165, 1.54) is 6.92 Å². The number of aromatic carboxylic acids is 1. The van der Waals surface area contributed by atoms with Crippen molar-refractivity contribution in [2.45, 2.75) is 24.7 Å². The number of carbonyl (C=O) groups is 1. The lowest BCUT2D eigenvalue weighted by molar-refractivity contribution is 0.0696. The van der Waals surface area contributed by atoms with E-state index >= 15 is 0 Å². The smallest absolute Gasteiger partial charge is 0.335 e. The van der Waals surface area contributed by atoms with Crippen LogP contribution in [0.3, 0.4) is 0 Å². The number of hydrogen-bond donors (Lipinski definition) is 1. The molecule has 6 heteroatoms. The molecule has 0 radical (unpaired) electrons. The summed E-state index contributed by atoms with van der Waals surface area (Å²) in [6, 6.07) is 1.88. The van der Waals surface area contributed by atoms with Gasteiger partial charge in [-0.05, 0) is 37.8 Å². The third-order valence-electron chi connectivity index (χ3n) is 3.03. The highest BCUT2D eigenvalue weighted by atomic mass is 32.2. The lowest BCUT2D eigenvalue weighted by atomic mass is 10.1. The molecule has 0 amide bonds. The Kier molecular flexibility index (Phi) is 3.14. The minimum atomic E-state index is -3.61. The number of carboxylic acid groups (broad SMARTS) is 1. The van der Waals surface area contributed by atoms with Gasteiger partial charge in [-0.3, -0.25) is 0 Å². The zero-order valence-electron chi connectivity index (χ0n) is 9.81. The molecule has 4 nitrogen and oxygen atoms in total. The molecule has 0 bridgehead atoms. The second-order valence-electron chi connectivity index (χ2n) is 4.61. The number of benzene rings is 1. The van der Waals surface area contributed by atoms with Gasteiger partial charge in [0.1, 0.15) is 5.82 Å². The summed E-state index contributed by atoms with van der Waals surface area (Å²) in [7, 11) is -3.61. The van der Waals surface area contributed by atoms with Crippen molar-refractivity contribution in [3.05, 3.63) is 29.1 Å². The van der Waals surface area contributed by atoms with Crippen LogP contribution in [0.4, 0.5) is 4.39 Å². The molecular formula is C12H13FO4S. The van der Waals surface area contributed by atoms with E-state index in [9.17, 15) is 17.6 Å². The van der Waals surface area contributed by atoms with E-state index in [1.807, 2.05) is 0 Å². The van der Waals surface area contributed by atoms with Crippen LogP contribution < -0.4 is 0 Å². The highest BCUT2D eigenvalue weighted by molar-refractivity contribution is 7.91. The molecular weight excluding hydrogens is 259 g/mol. The standard InChI is InChI=1S/C12H13FO4S/c1-7-10(13)4-9(12(14)15)5-11(7)18(16,17)6-8-2-3-8/h4-5,8H,2-3,6H2,1H3,(H,14,15). The minimum absolute atomic E-state index is 0.0133. The van der Waals surface area contributed by atoms with Gasteiger partial charge in [0.25, 0.3) is 0 Å². The Balaban J connectivity index is 2.51. The summed E-state index contributed by atoms with van der Waals surface area (Å²) < 4.78 is 37.7. The normalized spacial score (nSPS) is 15.7. The van der Waals surface area contributed by atoms with Crippen molar-refractivity contribution in [3.8, 4) is 0 Å². The molecule has 0 aromatic heterocycles. The molecule has 98 valence electrons. The quantitative estimate of drug-likeness (QED) is 0.910. The second-order valence-corrected chi connectivity index (χ2v) is 6.61. The van der Waals surface area contributed by atoms with Crippen molar-refractivity contribution in [2.75, 3.05) is 5.75 Å². The fraction of sp³-hybridized carbons (Fsp3) is 0.417. The summed E-state index contributed by atoms with van der Waals surface area (Å²) in [5, 5.41) is 8.82. The predicted molar refractivity (Wildman–Crippen MR) is 62.9 cm³/mol. The first-order valence-corrected chi connectivity index (χ1v) is 7.22. The van der Waals surface area contributed by atoms with Crippen molar-refractivity contribution < 1.29 is 22.7 Å². The Morgan fingerprint density at radius 1 is 1.44 bits per heavy atom. The average molecular weight is 272 g/mol. The topological polar surface area (TPSA) is 71.4 Å². The highest BCUT2D eigenvalue weighted by Gasteiger charge is 2.31. The highest BCUT2D eigenvalue weighted by Crippen LogP contribution is 2.33. The zero-order valence-corrected chi connectivity index (χ0v) is 10.6. The maximum atomic E-state index is 13.6. The Labute approximate surface area is 104 Å². The van der Waals surface area contributed by atoms with Crippen LogP contribution in [0.15, 0.2) is 17.0 Å². The molecule has 0 heterocycles. The molecule has 0 atom stereocenters. The molecule has 1 aromatic rings. The van der Waals surface area contributed by atoms with Gasteiger partial charge < -0.3 is 5.11 Å². The molecule has 1 fully saturated rings. The second kappa shape index (κ2) is 4.35. The number of rotatable bonds is 4. The summed E-state index contributed by atoms with van der Waals surface area (Å²) in [5.74, 6) is -2.04. The summed E-state index contributed by atoms with van der Waals surface area (Å²) in [5.41, 5.74) is -0.354. The van der Waals surface area contributed by atoms with Crippen LogP contribution in [0.2, 0.25) is 0 Å². The lowest BCUT2D eigenvalue weighted by Crippen LogP contribution is -2.12. The van der Waals surface area contributed by atoms with E-state index in [0.717, 1.165) is 25.0 Å². The Morgan fingerprint density at radius 2 is 2.06 bits per heavy atom. The van der Waals surface area contributed by atoms with E-state index < -0.39 is 21.6 Å². The first kappa shape index (κ1) is 13.0. The van der Waals surface area contributed by atoms with E-state index in [0.29, 0.717) is 0 Å². The summed E-state index contributed by atoms with van der Waals surface area (Å²) in [6.07, 6.45) is 1.72. The molecule has 2 rings (SSSR count). The van der Waals surface area contributed by atoms with E-state index in [-0.39, 0.29) is 27.7 Å². The van der Waals surface area contributed by atoms with Crippen LogP contribution in [0.1, 0.15) is 28.8 Å². The molecule has 18 heavy (non-hydrogen) atoms. The Bertz CT molecular complexity index is 603. The molecule has 0 saturated heterocycles. The fourth-order valence-electron chi connectivity index (χ4n) is 1.78. The maximum Gasteiger partial charge on any atom is 0.335 e. The number of carboxylic acids is 1. The molecule has 1 saturated carbocycles. The van der Waals surface area contributed by atoms with Crippen LogP contribution in [0, 0.1) is 18.7 Å². The average Bonchev–Trinajstić information content (AvgIpc) is 3.04. The van der Waals surface area contributed by atoms with Gasteiger partial charge in [0.05, 0.1) is 16.2 Å². The summed E-state index contributed by atoms with van der Waals surface area (Å²) >= 11 is 0. The maximum absolute atomic E-state index is 13.6. The van der Waals surface area contributed by atoms with Gasteiger partial charge in [0, 0.05) is 5.56 Å². The molecule has 0 spiro atoms. The largest absolute Gasteiger partial charge is 0.478 e. The number of halogens is 1. The van der Waals surface area contributed by atoms with Crippen molar-refractivity contribution in [2.24, 2.45) is 5.92 Å². The van der Waals surface area contributed by atoms with E-state index in [4.69, 9.17) is 5.11 Å². The van der Waals surface area contributed by atoms with Crippen molar-refractivity contribution >= 4 is 15.8 Å². The van der Waals surface area contributed by atoms with Crippen molar-refractivity contribution in [1.29, 1.82) is 0 Å². The molecule has 1 aliphatic carbocycles.